The zero-order valence-corrected chi connectivity index (χ0v) is 10.5. The number of hydrogen-bond donors (Lipinski definition) is 2. The van der Waals surface area contributed by atoms with Gasteiger partial charge in [0.1, 0.15) is 0 Å². The maximum atomic E-state index is 8.70. The van der Waals surface area contributed by atoms with Crippen molar-refractivity contribution in [3.8, 4) is 0 Å². The molecular formula is C2H11KO4PS+. The van der Waals surface area contributed by atoms with E-state index < -0.39 is 8.25 Å². The normalized spacial score (nSPS) is 4.89. The van der Waals surface area contributed by atoms with Gasteiger partial charge in [0, 0.05) is 4.57 Å². The molecule has 0 atom stereocenters. The van der Waals surface area contributed by atoms with Crippen molar-refractivity contribution in [1.29, 1.82) is 0 Å². The second kappa shape index (κ2) is 22.5. The van der Waals surface area contributed by atoms with Crippen LogP contribution in [0.2, 0.25) is 0 Å². The molecule has 7 heteroatoms. The molecule has 0 saturated carbocycles. The minimum atomic E-state index is -2.87. The van der Waals surface area contributed by atoms with Gasteiger partial charge >= 0.3 is 59.6 Å². The Balaban J connectivity index is -0.0000000131. The first kappa shape index (κ1) is 22.4. The molecule has 0 radical (unpaired) electrons. The van der Waals surface area contributed by atoms with Crippen LogP contribution >= 0.6 is 20.0 Å². The molecule has 0 heterocycles. The Hall–Kier alpha value is 1.97. The molecule has 9 heavy (non-hydrogen) atoms. The van der Waals surface area contributed by atoms with Crippen molar-refractivity contribution in [2.75, 3.05) is 12.5 Å². The standard InChI is InChI=1S/C2H6S.K.HO3P.H2O.H/c1-3-2;;1-4(2)3;;/h1-2H3;;(H-,1,2,3);1H2;/q;+1;;;-1/p+1. The molecular weight excluding hydrogens is 190 g/mol. The minimum absolute atomic E-state index is 0. The molecule has 0 saturated heterocycles. The van der Waals surface area contributed by atoms with Gasteiger partial charge in [-0.15, -0.1) is 9.79 Å². The molecule has 0 aromatic carbocycles. The second-order valence-electron chi connectivity index (χ2n) is 0.661. The quantitative estimate of drug-likeness (QED) is 0.321. The van der Waals surface area contributed by atoms with Crippen molar-refractivity contribution in [2.24, 2.45) is 0 Å². The Morgan fingerprint density at radius 1 is 1.44 bits per heavy atom. The van der Waals surface area contributed by atoms with Gasteiger partial charge in [0.15, 0.2) is 0 Å². The summed E-state index contributed by atoms with van der Waals surface area (Å²) in [6.45, 7) is 0. The van der Waals surface area contributed by atoms with Gasteiger partial charge in [0.25, 0.3) is 0 Å². The molecule has 54 valence electrons. The minimum Gasteiger partial charge on any atom is -1.00 e. The van der Waals surface area contributed by atoms with Gasteiger partial charge < -0.3 is 6.90 Å². The maximum absolute atomic E-state index is 8.70. The molecule has 0 aliphatic carbocycles. The van der Waals surface area contributed by atoms with Crippen molar-refractivity contribution < 1.29 is 72.6 Å². The monoisotopic (exact) mass is 201 g/mol. The molecule has 0 aliphatic rings. The van der Waals surface area contributed by atoms with Crippen LogP contribution in [0.3, 0.4) is 0 Å². The smallest absolute Gasteiger partial charge is 1.00 e. The zero-order chi connectivity index (χ0) is 6.28. The first-order valence-electron chi connectivity index (χ1n) is 1.40. The Morgan fingerprint density at radius 2 is 1.44 bits per heavy atom. The van der Waals surface area contributed by atoms with Crippen LogP contribution in [0.5, 0.6) is 0 Å². The summed E-state index contributed by atoms with van der Waals surface area (Å²) in [5.74, 6) is 0. The van der Waals surface area contributed by atoms with Crippen molar-refractivity contribution in [3.05, 3.63) is 0 Å². The number of thioether (sulfide) groups is 1. The summed E-state index contributed by atoms with van der Waals surface area (Å²) in [5.41, 5.74) is 0. The van der Waals surface area contributed by atoms with Crippen LogP contribution in [0.1, 0.15) is 1.43 Å². The van der Waals surface area contributed by atoms with E-state index in [1.807, 2.05) is 12.5 Å². The summed E-state index contributed by atoms with van der Waals surface area (Å²) >= 11 is 1.75. The van der Waals surface area contributed by atoms with Gasteiger partial charge in [-0.25, -0.2) is 0 Å². The van der Waals surface area contributed by atoms with Crippen LogP contribution in [0.4, 0.5) is 0 Å². The fourth-order valence-electron chi connectivity index (χ4n) is 0. The third-order valence-corrected chi connectivity index (χ3v) is 0. The van der Waals surface area contributed by atoms with Crippen molar-refractivity contribution in [1.82, 2.24) is 0 Å². The van der Waals surface area contributed by atoms with E-state index in [-0.39, 0.29) is 58.3 Å². The molecule has 4 N–H and O–H groups in total. The Morgan fingerprint density at radius 3 is 1.44 bits per heavy atom. The molecule has 0 aliphatic heterocycles. The Labute approximate surface area is 104 Å². The molecule has 0 unspecified atom stereocenters. The Kier molecular flexibility index (Phi) is 56.1. The Bertz CT molecular complexity index is 54.5. The fourth-order valence-corrected chi connectivity index (χ4v) is 0. The van der Waals surface area contributed by atoms with Gasteiger partial charge in [-0.1, -0.05) is 0 Å². The molecule has 0 aromatic heterocycles. The van der Waals surface area contributed by atoms with Crippen molar-refractivity contribution in [3.63, 3.8) is 0 Å². The number of hydrogen-bond acceptors (Lipinski definition) is 2. The predicted molar refractivity (Wildman–Crippen MR) is 36.2 cm³/mol. The molecule has 0 bridgehead atoms. The van der Waals surface area contributed by atoms with Crippen molar-refractivity contribution >= 4 is 20.0 Å². The third-order valence-electron chi connectivity index (χ3n) is 0. The van der Waals surface area contributed by atoms with Crippen LogP contribution in [0.25, 0.3) is 0 Å². The maximum Gasteiger partial charge on any atom is 1.00 e. The zero-order valence-electron chi connectivity index (χ0n) is 6.66. The summed E-state index contributed by atoms with van der Waals surface area (Å²) in [4.78, 5) is 14.2. The largest absolute Gasteiger partial charge is 1.00 e. The van der Waals surface area contributed by atoms with E-state index >= 15 is 0 Å². The summed E-state index contributed by atoms with van der Waals surface area (Å²) in [7, 11) is -2.87. The van der Waals surface area contributed by atoms with E-state index in [2.05, 4.69) is 0 Å². The van der Waals surface area contributed by atoms with Gasteiger partial charge in [-0.2, -0.15) is 11.8 Å². The van der Waals surface area contributed by atoms with E-state index in [0.717, 1.165) is 0 Å². The predicted octanol–water partition coefficient (Wildman–Crippen LogP) is -3.10. The summed E-state index contributed by atoms with van der Waals surface area (Å²) in [5, 5.41) is 0. The van der Waals surface area contributed by atoms with Gasteiger partial charge in [-0.3, -0.25) is 0 Å². The van der Waals surface area contributed by atoms with Crippen LogP contribution < -0.4 is 51.4 Å². The van der Waals surface area contributed by atoms with Gasteiger partial charge in [0.05, 0.1) is 0 Å². The van der Waals surface area contributed by atoms with Crippen LogP contribution in [-0.2, 0) is 4.57 Å². The van der Waals surface area contributed by atoms with Crippen LogP contribution in [0, 0.1) is 0 Å². The van der Waals surface area contributed by atoms with E-state index in [0.29, 0.717) is 0 Å². The summed E-state index contributed by atoms with van der Waals surface area (Å²) < 4.78 is 8.70. The summed E-state index contributed by atoms with van der Waals surface area (Å²) in [6, 6.07) is 0. The molecule has 0 aromatic rings. The number of rotatable bonds is 0. The summed E-state index contributed by atoms with van der Waals surface area (Å²) in [6.07, 6.45) is 4.08. The topological polar surface area (TPSA) is 89.0 Å². The molecule has 0 amide bonds. The first-order chi connectivity index (χ1) is 3.15. The molecule has 0 spiro atoms. The van der Waals surface area contributed by atoms with Crippen LogP contribution in [-0.4, -0.2) is 27.8 Å². The molecule has 4 nitrogen and oxygen atoms in total. The fraction of sp³-hybridized carbons (Fsp3) is 1.00. The average Bonchev–Trinajstić information content (AvgIpc) is 1.33. The van der Waals surface area contributed by atoms with E-state index in [9.17, 15) is 0 Å². The third kappa shape index (κ3) is 164. The van der Waals surface area contributed by atoms with Gasteiger partial charge in [-0.05, 0) is 12.5 Å². The van der Waals surface area contributed by atoms with E-state index in [4.69, 9.17) is 14.4 Å². The molecule has 0 rings (SSSR count). The van der Waals surface area contributed by atoms with E-state index in [1.165, 1.54) is 0 Å². The van der Waals surface area contributed by atoms with Crippen molar-refractivity contribution in [2.45, 2.75) is 0 Å². The average molecular weight is 201 g/mol. The van der Waals surface area contributed by atoms with E-state index in [1.54, 1.807) is 11.8 Å². The van der Waals surface area contributed by atoms with Crippen LogP contribution in [0.15, 0.2) is 0 Å². The second-order valence-corrected chi connectivity index (χ2v) is 1.98. The van der Waals surface area contributed by atoms with Gasteiger partial charge in [0.2, 0.25) is 0 Å². The molecule has 0 fully saturated rings. The first-order valence-corrected chi connectivity index (χ1v) is 4.20. The SMILES string of the molecule is CSC.O.O=[P+](O)O.[H-].[K+].